The molecular formula is C13H15N3O2. The van der Waals surface area contributed by atoms with Crippen LogP contribution in [0.15, 0.2) is 41.1 Å². The molecule has 1 heterocycles. The maximum Gasteiger partial charge on any atom is 0.241 e. The molecule has 0 saturated heterocycles. The van der Waals surface area contributed by atoms with E-state index in [0.717, 1.165) is 11.1 Å². The Labute approximate surface area is 105 Å². The zero-order chi connectivity index (χ0) is 13.0. The Bertz CT molecular complexity index is 506. The summed E-state index contributed by atoms with van der Waals surface area (Å²) in [4.78, 5) is 11.8. The molecule has 0 bridgehead atoms. The summed E-state index contributed by atoms with van der Waals surface area (Å²) < 4.78 is 4.88. The number of aryl methyl sites for hydroxylation is 1. The summed E-state index contributed by atoms with van der Waals surface area (Å²) in [5.41, 5.74) is 7.79. The predicted octanol–water partition coefficient (Wildman–Crippen LogP) is 1.30. The quantitative estimate of drug-likeness (QED) is 0.850. The van der Waals surface area contributed by atoms with Gasteiger partial charge >= 0.3 is 0 Å². The molecule has 0 aliphatic carbocycles. The van der Waals surface area contributed by atoms with Crippen molar-refractivity contribution >= 4 is 5.91 Å². The number of nitrogens with zero attached hydrogens (tertiary/aromatic N) is 1. The van der Waals surface area contributed by atoms with E-state index in [0.29, 0.717) is 12.3 Å². The van der Waals surface area contributed by atoms with Gasteiger partial charge in [0, 0.05) is 6.07 Å². The first kappa shape index (κ1) is 12.3. The van der Waals surface area contributed by atoms with E-state index in [1.807, 2.05) is 31.2 Å². The summed E-state index contributed by atoms with van der Waals surface area (Å²) in [7, 11) is 0. The highest BCUT2D eigenvalue weighted by atomic mass is 16.5. The van der Waals surface area contributed by atoms with Crippen molar-refractivity contribution in [1.29, 1.82) is 0 Å². The Kier molecular flexibility index (Phi) is 3.74. The van der Waals surface area contributed by atoms with Crippen LogP contribution in [-0.4, -0.2) is 11.1 Å². The number of nitrogens with one attached hydrogen (secondary N) is 1. The van der Waals surface area contributed by atoms with Gasteiger partial charge in [0.2, 0.25) is 5.91 Å². The number of amides is 1. The minimum Gasteiger partial charge on any atom is -0.360 e. The van der Waals surface area contributed by atoms with Crippen LogP contribution in [0.2, 0.25) is 0 Å². The summed E-state index contributed by atoms with van der Waals surface area (Å²) in [5, 5.41) is 6.26. The van der Waals surface area contributed by atoms with Crippen LogP contribution in [0.4, 0.5) is 0 Å². The predicted molar refractivity (Wildman–Crippen MR) is 66.5 cm³/mol. The Hall–Kier alpha value is -2.14. The molecule has 1 amide bonds. The highest BCUT2D eigenvalue weighted by Crippen LogP contribution is 2.11. The van der Waals surface area contributed by atoms with Crippen LogP contribution in [0.1, 0.15) is 22.9 Å². The number of benzene rings is 1. The van der Waals surface area contributed by atoms with Crippen molar-refractivity contribution < 1.29 is 9.32 Å². The standard InChI is InChI=1S/C13H15N3O2/c1-9-2-4-10(5-3-9)12(14)13(17)15-8-11-6-7-16-18-11/h2-7,12H,8,14H2,1H3,(H,15,17). The largest absolute Gasteiger partial charge is 0.360 e. The molecule has 2 rings (SSSR count). The Balaban J connectivity index is 1.94. The molecule has 5 heteroatoms. The highest BCUT2D eigenvalue weighted by molar-refractivity contribution is 5.82. The lowest BCUT2D eigenvalue weighted by Crippen LogP contribution is -2.33. The number of carbonyl (C=O) groups excluding carboxylic acids is 1. The van der Waals surface area contributed by atoms with Gasteiger partial charge in [0.1, 0.15) is 6.04 Å². The van der Waals surface area contributed by atoms with Crippen molar-refractivity contribution in [3.8, 4) is 0 Å². The average molecular weight is 245 g/mol. The van der Waals surface area contributed by atoms with E-state index in [1.54, 1.807) is 6.07 Å². The van der Waals surface area contributed by atoms with E-state index < -0.39 is 6.04 Å². The van der Waals surface area contributed by atoms with Gasteiger partial charge in [0.25, 0.3) is 0 Å². The molecule has 1 aromatic heterocycles. The van der Waals surface area contributed by atoms with E-state index in [9.17, 15) is 4.79 Å². The molecule has 18 heavy (non-hydrogen) atoms. The Morgan fingerprint density at radius 3 is 2.72 bits per heavy atom. The minimum atomic E-state index is -0.673. The molecule has 94 valence electrons. The van der Waals surface area contributed by atoms with E-state index in [-0.39, 0.29) is 5.91 Å². The first-order valence-electron chi connectivity index (χ1n) is 5.66. The van der Waals surface area contributed by atoms with Gasteiger partial charge in [-0.3, -0.25) is 4.79 Å². The topological polar surface area (TPSA) is 81.2 Å². The molecule has 5 nitrogen and oxygen atoms in total. The SMILES string of the molecule is Cc1ccc(C(N)C(=O)NCc2ccno2)cc1. The molecule has 0 fully saturated rings. The van der Waals surface area contributed by atoms with Crippen molar-refractivity contribution in [2.75, 3.05) is 0 Å². The summed E-state index contributed by atoms with van der Waals surface area (Å²) in [6, 6.07) is 8.59. The van der Waals surface area contributed by atoms with Gasteiger partial charge < -0.3 is 15.6 Å². The fraction of sp³-hybridized carbons (Fsp3) is 0.231. The molecule has 1 aromatic carbocycles. The van der Waals surface area contributed by atoms with Gasteiger partial charge in [0.15, 0.2) is 5.76 Å². The number of rotatable bonds is 4. The summed E-state index contributed by atoms with van der Waals surface area (Å²) >= 11 is 0. The van der Waals surface area contributed by atoms with E-state index in [2.05, 4.69) is 10.5 Å². The van der Waals surface area contributed by atoms with Crippen LogP contribution in [0.5, 0.6) is 0 Å². The lowest BCUT2D eigenvalue weighted by molar-refractivity contribution is -0.122. The smallest absolute Gasteiger partial charge is 0.241 e. The number of hydrogen-bond donors (Lipinski definition) is 2. The number of nitrogens with two attached hydrogens (primary N) is 1. The van der Waals surface area contributed by atoms with E-state index in [1.165, 1.54) is 6.20 Å². The fourth-order valence-electron chi connectivity index (χ4n) is 1.54. The second-order valence-electron chi connectivity index (χ2n) is 4.08. The third-order valence-corrected chi connectivity index (χ3v) is 2.65. The fourth-order valence-corrected chi connectivity index (χ4v) is 1.54. The van der Waals surface area contributed by atoms with Crippen LogP contribution < -0.4 is 11.1 Å². The van der Waals surface area contributed by atoms with E-state index >= 15 is 0 Å². The van der Waals surface area contributed by atoms with Crippen molar-refractivity contribution in [3.63, 3.8) is 0 Å². The molecule has 0 spiro atoms. The van der Waals surface area contributed by atoms with Gasteiger partial charge in [-0.2, -0.15) is 0 Å². The third-order valence-electron chi connectivity index (χ3n) is 2.65. The van der Waals surface area contributed by atoms with Crippen LogP contribution >= 0.6 is 0 Å². The third kappa shape index (κ3) is 2.95. The second kappa shape index (κ2) is 5.46. The zero-order valence-corrected chi connectivity index (χ0v) is 10.1. The lowest BCUT2D eigenvalue weighted by Gasteiger charge is -2.11. The van der Waals surface area contributed by atoms with Crippen LogP contribution in [0, 0.1) is 6.92 Å². The van der Waals surface area contributed by atoms with Gasteiger partial charge in [-0.15, -0.1) is 0 Å². The van der Waals surface area contributed by atoms with Gasteiger partial charge in [-0.1, -0.05) is 35.0 Å². The number of carbonyl (C=O) groups is 1. The molecule has 2 aromatic rings. The lowest BCUT2D eigenvalue weighted by atomic mass is 10.1. The molecule has 1 unspecified atom stereocenters. The van der Waals surface area contributed by atoms with Crippen molar-refractivity contribution in [2.24, 2.45) is 5.73 Å². The van der Waals surface area contributed by atoms with Crippen molar-refractivity contribution in [3.05, 3.63) is 53.4 Å². The van der Waals surface area contributed by atoms with Gasteiger partial charge in [-0.25, -0.2) is 0 Å². The second-order valence-corrected chi connectivity index (χ2v) is 4.08. The summed E-state index contributed by atoms with van der Waals surface area (Å²) in [6.45, 7) is 2.28. The monoisotopic (exact) mass is 245 g/mol. The van der Waals surface area contributed by atoms with Crippen molar-refractivity contribution in [2.45, 2.75) is 19.5 Å². The highest BCUT2D eigenvalue weighted by Gasteiger charge is 2.15. The summed E-state index contributed by atoms with van der Waals surface area (Å²) in [5.74, 6) is 0.356. The molecule has 0 saturated carbocycles. The number of hydrogen-bond acceptors (Lipinski definition) is 4. The Morgan fingerprint density at radius 1 is 1.39 bits per heavy atom. The van der Waals surface area contributed by atoms with Crippen LogP contribution in [0.25, 0.3) is 0 Å². The molecule has 0 aliphatic heterocycles. The Morgan fingerprint density at radius 2 is 2.11 bits per heavy atom. The molecule has 0 radical (unpaired) electrons. The normalized spacial score (nSPS) is 12.1. The molecule has 3 N–H and O–H groups in total. The first-order valence-corrected chi connectivity index (χ1v) is 5.66. The van der Waals surface area contributed by atoms with Crippen LogP contribution in [-0.2, 0) is 11.3 Å². The maximum atomic E-state index is 11.8. The van der Waals surface area contributed by atoms with Gasteiger partial charge in [0.05, 0.1) is 12.7 Å². The molecule has 1 atom stereocenters. The number of aromatic nitrogens is 1. The van der Waals surface area contributed by atoms with Crippen LogP contribution in [0.3, 0.4) is 0 Å². The van der Waals surface area contributed by atoms with E-state index in [4.69, 9.17) is 10.3 Å². The molecular weight excluding hydrogens is 230 g/mol. The van der Waals surface area contributed by atoms with Gasteiger partial charge in [-0.05, 0) is 12.5 Å². The maximum absolute atomic E-state index is 11.8. The average Bonchev–Trinajstić information content (AvgIpc) is 2.89. The summed E-state index contributed by atoms with van der Waals surface area (Å²) in [6.07, 6.45) is 1.53. The molecule has 0 aliphatic rings. The van der Waals surface area contributed by atoms with Crippen molar-refractivity contribution in [1.82, 2.24) is 10.5 Å². The minimum absolute atomic E-state index is 0.241. The first-order chi connectivity index (χ1) is 8.66. The zero-order valence-electron chi connectivity index (χ0n) is 10.1.